The maximum absolute atomic E-state index is 12.9. The Kier molecular flexibility index (Phi) is 6.03. The number of aryl methyl sites for hydroxylation is 3. The molecule has 0 bridgehead atoms. The van der Waals surface area contributed by atoms with Gasteiger partial charge in [-0.1, -0.05) is 42.5 Å². The van der Waals surface area contributed by atoms with Gasteiger partial charge >= 0.3 is 0 Å². The molecule has 1 heterocycles. The second-order valence-electron chi connectivity index (χ2n) is 7.97. The first-order valence-corrected chi connectivity index (χ1v) is 10.6. The molecule has 0 fully saturated rings. The first-order chi connectivity index (χ1) is 15.4. The third kappa shape index (κ3) is 4.54. The molecule has 162 valence electrons. The largest absolute Gasteiger partial charge is 0.345 e. The summed E-state index contributed by atoms with van der Waals surface area (Å²) in [6.07, 6.45) is 0. The van der Waals surface area contributed by atoms with Gasteiger partial charge in [0.1, 0.15) is 12.4 Å². The molecule has 0 saturated carbocycles. The van der Waals surface area contributed by atoms with Crippen molar-refractivity contribution in [3.63, 3.8) is 0 Å². The number of hydrogen-bond donors (Lipinski definition) is 2. The number of hydrogen-bond acceptors (Lipinski definition) is 3. The van der Waals surface area contributed by atoms with Crippen LogP contribution in [0.1, 0.15) is 32.9 Å². The summed E-state index contributed by atoms with van der Waals surface area (Å²) < 4.78 is 1.86. The van der Waals surface area contributed by atoms with Crippen molar-refractivity contribution >= 4 is 28.5 Å². The lowest BCUT2D eigenvalue weighted by molar-refractivity contribution is -0.116. The van der Waals surface area contributed by atoms with Crippen LogP contribution in [0.3, 0.4) is 0 Å². The van der Waals surface area contributed by atoms with E-state index < -0.39 is 0 Å². The predicted octanol–water partition coefficient (Wildman–Crippen LogP) is 4.53. The topological polar surface area (TPSA) is 76.0 Å². The van der Waals surface area contributed by atoms with Gasteiger partial charge in [-0.05, 0) is 61.7 Å². The van der Waals surface area contributed by atoms with E-state index in [1.165, 1.54) is 0 Å². The van der Waals surface area contributed by atoms with E-state index in [1.807, 2.05) is 86.0 Å². The summed E-state index contributed by atoms with van der Waals surface area (Å²) >= 11 is 0. The van der Waals surface area contributed by atoms with Crippen molar-refractivity contribution in [2.45, 2.75) is 33.9 Å². The van der Waals surface area contributed by atoms with E-state index in [0.717, 1.165) is 33.4 Å². The summed E-state index contributed by atoms with van der Waals surface area (Å²) in [6, 6.07) is 21.1. The third-order valence-corrected chi connectivity index (χ3v) is 5.50. The highest BCUT2D eigenvalue weighted by Crippen LogP contribution is 2.19. The van der Waals surface area contributed by atoms with Gasteiger partial charge in [-0.25, -0.2) is 4.98 Å². The summed E-state index contributed by atoms with van der Waals surface area (Å²) in [5, 5.41) is 5.95. The zero-order valence-electron chi connectivity index (χ0n) is 18.5. The van der Waals surface area contributed by atoms with E-state index in [0.29, 0.717) is 11.4 Å². The minimum Gasteiger partial charge on any atom is -0.345 e. The number of imidazole rings is 1. The Labute approximate surface area is 187 Å². The highest BCUT2D eigenvalue weighted by atomic mass is 16.2. The standard InChI is InChI=1S/C26H26N4O2/c1-17-12-13-19(3)22(14-17)29-25(31)16-30-23-11-7-6-10-21(23)28-24(30)15-27-26(32)20-9-5-4-8-18(20)2/h4-14H,15-16H2,1-3H3,(H,27,32)(H,29,31). The second kappa shape index (κ2) is 9.06. The summed E-state index contributed by atoms with van der Waals surface area (Å²) in [5.41, 5.74) is 6.06. The van der Waals surface area contributed by atoms with Gasteiger partial charge in [0.05, 0.1) is 17.6 Å². The number of fused-ring (bicyclic) bond motifs is 1. The fraction of sp³-hybridized carbons (Fsp3) is 0.192. The molecule has 6 heteroatoms. The predicted molar refractivity (Wildman–Crippen MR) is 127 cm³/mol. The number of rotatable bonds is 6. The Morgan fingerprint density at radius 2 is 1.66 bits per heavy atom. The van der Waals surface area contributed by atoms with E-state index in [1.54, 1.807) is 6.07 Å². The summed E-state index contributed by atoms with van der Waals surface area (Å²) in [6.45, 7) is 6.19. The van der Waals surface area contributed by atoms with Gasteiger partial charge in [0.2, 0.25) is 5.91 Å². The molecule has 4 aromatic rings. The first kappa shape index (κ1) is 21.3. The Balaban J connectivity index is 1.56. The number of carbonyl (C=O) groups is 2. The molecule has 2 N–H and O–H groups in total. The van der Waals surface area contributed by atoms with E-state index in [2.05, 4.69) is 15.6 Å². The third-order valence-electron chi connectivity index (χ3n) is 5.50. The minimum absolute atomic E-state index is 0.101. The second-order valence-corrected chi connectivity index (χ2v) is 7.97. The molecule has 0 saturated heterocycles. The van der Waals surface area contributed by atoms with Crippen LogP contribution in [-0.4, -0.2) is 21.4 Å². The Hall–Kier alpha value is -3.93. The quantitative estimate of drug-likeness (QED) is 0.476. The van der Waals surface area contributed by atoms with Gasteiger partial charge in [-0.3, -0.25) is 9.59 Å². The lowest BCUT2D eigenvalue weighted by atomic mass is 10.1. The molecule has 0 aliphatic rings. The van der Waals surface area contributed by atoms with Gasteiger partial charge in [0.15, 0.2) is 0 Å². The Bertz CT molecular complexity index is 1310. The van der Waals surface area contributed by atoms with Crippen LogP contribution in [0.4, 0.5) is 5.69 Å². The number of anilines is 1. The van der Waals surface area contributed by atoms with Crippen LogP contribution in [0, 0.1) is 20.8 Å². The number of aromatic nitrogens is 2. The average Bonchev–Trinajstić information content (AvgIpc) is 3.12. The molecule has 1 aromatic heterocycles. The highest BCUT2D eigenvalue weighted by Gasteiger charge is 2.16. The van der Waals surface area contributed by atoms with Crippen LogP contribution in [0.15, 0.2) is 66.7 Å². The van der Waals surface area contributed by atoms with E-state index >= 15 is 0 Å². The van der Waals surface area contributed by atoms with Gasteiger partial charge < -0.3 is 15.2 Å². The zero-order valence-corrected chi connectivity index (χ0v) is 18.5. The molecule has 6 nitrogen and oxygen atoms in total. The monoisotopic (exact) mass is 426 g/mol. The molecule has 0 radical (unpaired) electrons. The number of benzene rings is 3. The fourth-order valence-electron chi connectivity index (χ4n) is 3.72. The van der Waals surface area contributed by atoms with Crippen LogP contribution in [0.5, 0.6) is 0 Å². The molecule has 0 spiro atoms. The normalized spacial score (nSPS) is 10.8. The van der Waals surface area contributed by atoms with Crippen molar-refractivity contribution in [2.75, 3.05) is 5.32 Å². The van der Waals surface area contributed by atoms with Crippen LogP contribution in [0.2, 0.25) is 0 Å². The van der Waals surface area contributed by atoms with Crippen LogP contribution < -0.4 is 10.6 Å². The number of para-hydroxylation sites is 2. The smallest absolute Gasteiger partial charge is 0.251 e. The molecule has 0 unspecified atom stereocenters. The van der Waals surface area contributed by atoms with Gasteiger partial charge in [0, 0.05) is 11.3 Å². The molecule has 0 atom stereocenters. The summed E-state index contributed by atoms with van der Waals surface area (Å²) in [4.78, 5) is 30.2. The average molecular weight is 427 g/mol. The Morgan fingerprint density at radius 1 is 0.906 bits per heavy atom. The van der Waals surface area contributed by atoms with Gasteiger partial charge in [-0.15, -0.1) is 0 Å². The van der Waals surface area contributed by atoms with Gasteiger partial charge in [0.25, 0.3) is 5.91 Å². The molecular formula is C26H26N4O2. The molecule has 0 aliphatic heterocycles. The van der Waals surface area contributed by atoms with Crippen molar-refractivity contribution in [1.82, 2.24) is 14.9 Å². The molecule has 3 aromatic carbocycles. The minimum atomic E-state index is -0.165. The van der Waals surface area contributed by atoms with E-state index in [9.17, 15) is 9.59 Å². The lowest BCUT2D eigenvalue weighted by Gasteiger charge is -2.13. The number of nitrogens with one attached hydrogen (secondary N) is 2. The molecule has 0 aliphatic carbocycles. The number of carbonyl (C=O) groups excluding carboxylic acids is 2. The van der Waals surface area contributed by atoms with Crippen LogP contribution in [0.25, 0.3) is 11.0 Å². The van der Waals surface area contributed by atoms with Crippen molar-refractivity contribution < 1.29 is 9.59 Å². The highest BCUT2D eigenvalue weighted by molar-refractivity contribution is 5.95. The van der Waals surface area contributed by atoms with E-state index in [4.69, 9.17) is 0 Å². The lowest BCUT2D eigenvalue weighted by Crippen LogP contribution is -2.27. The maximum Gasteiger partial charge on any atom is 0.251 e. The van der Waals surface area contributed by atoms with Crippen molar-refractivity contribution in [2.24, 2.45) is 0 Å². The van der Waals surface area contributed by atoms with E-state index in [-0.39, 0.29) is 24.9 Å². The summed E-state index contributed by atoms with van der Waals surface area (Å²) in [5.74, 6) is 0.319. The zero-order chi connectivity index (χ0) is 22.7. The number of amides is 2. The Morgan fingerprint density at radius 3 is 2.47 bits per heavy atom. The SMILES string of the molecule is Cc1ccc(C)c(NC(=O)Cn2c(CNC(=O)c3ccccc3C)nc3ccccc32)c1. The van der Waals surface area contributed by atoms with Gasteiger partial charge in [-0.2, -0.15) is 0 Å². The molecular weight excluding hydrogens is 400 g/mol. The molecule has 4 rings (SSSR count). The van der Waals surface area contributed by atoms with Crippen molar-refractivity contribution in [3.05, 3.63) is 94.8 Å². The van der Waals surface area contributed by atoms with Crippen LogP contribution >= 0.6 is 0 Å². The number of nitrogens with zero attached hydrogens (tertiary/aromatic N) is 2. The van der Waals surface area contributed by atoms with Crippen molar-refractivity contribution in [1.29, 1.82) is 0 Å². The molecule has 32 heavy (non-hydrogen) atoms. The first-order valence-electron chi connectivity index (χ1n) is 10.6. The molecule has 2 amide bonds. The fourth-order valence-corrected chi connectivity index (χ4v) is 3.72. The maximum atomic E-state index is 12.9. The van der Waals surface area contributed by atoms with Crippen molar-refractivity contribution in [3.8, 4) is 0 Å². The van der Waals surface area contributed by atoms with Crippen LogP contribution in [-0.2, 0) is 17.9 Å². The summed E-state index contributed by atoms with van der Waals surface area (Å²) in [7, 11) is 0.